The molecule has 0 unspecified atom stereocenters. The molecule has 0 atom stereocenters. The van der Waals surface area contributed by atoms with Crippen LogP contribution < -0.4 is 0 Å². The number of nitrogens with zero attached hydrogens (tertiary/aromatic N) is 1. The van der Waals surface area contributed by atoms with Gasteiger partial charge in [-0.3, -0.25) is 4.18 Å². The zero-order valence-corrected chi connectivity index (χ0v) is 15.3. The maximum atomic E-state index is 12.2. The standard InChI is InChI=1S/C19H21NO5S/c1-14-2-6-18(7-3-14)26(23,24)25-11-9-15-4-5-17-13-20(19(21)22)10-8-16(17)12-15/h2-7,12H,8-11,13H2,1H3,(H,21,22). The van der Waals surface area contributed by atoms with Gasteiger partial charge in [0.05, 0.1) is 11.5 Å². The van der Waals surface area contributed by atoms with Gasteiger partial charge in [-0.1, -0.05) is 35.9 Å². The molecule has 0 spiro atoms. The topological polar surface area (TPSA) is 83.9 Å². The maximum Gasteiger partial charge on any atom is 0.407 e. The molecule has 26 heavy (non-hydrogen) atoms. The predicted octanol–water partition coefficient (Wildman–Crippen LogP) is 2.98. The lowest BCUT2D eigenvalue weighted by Crippen LogP contribution is -2.34. The second kappa shape index (κ2) is 7.47. The number of carboxylic acid groups (broad SMARTS) is 1. The van der Waals surface area contributed by atoms with Gasteiger partial charge in [-0.2, -0.15) is 8.42 Å². The fourth-order valence-corrected chi connectivity index (χ4v) is 3.88. The molecule has 0 fully saturated rings. The number of amides is 1. The molecular weight excluding hydrogens is 354 g/mol. The zero-order chi connectivity index (χ0) is 18.7. The molecule has 1 amide bonds. The second-order valence-electron chi connectivity index (χ2n) is 6.40. The third kappa shape index (κ3) is 4.23. The highest BCUT2D eigenvalue weighted by Gasteiger charge is 2.20. The number of aryl methyl sites for hydroxylation is 1. The largest absolute Gasteiger partial charge is 0.465 e. The SMILES string of the molecule is Cc1ccc(S(=O)(=O)OCCc2ccc3c(c2)CCN(C(=O)O)C3)cc1. The third-order valence-electron chi connectivity index (χ3n) is 4.49. The Morgan fingerprint density at radius 3 is 2.58 bits per heavy atom. The molecule has 1 aliphatic heterocycles. The Morgan fingerprint density at radius 1 is 1.15 bits per heavy atom. The van der Waals surface area contributed by atoms with Crippen LogP contribution in [0.1, 0.15) is 22.3 Å². The molecule has 2 aromatic carbocycles. The second-order valence-corrected chi connectivity index (χ2v) is 8.01. The fraction of sp³-hybridized carbons (Fsp3) is 0.316. The highest BCUT2D eigenvalue weighted by atomic mass is 32.2. The lowest BCUT2D eigenvalue weighted by molar-refractivity contribution is 0.140. The molecule has 1 aliphatic rings. The Kier molecular flexibility index (Phi) is 5.29. The van der Waals surface area contributed by atoms with Gasteiger partial charge < -0.3 is 10.0 Å². The Balaban J connectivity index is 1.60. The van der Waals surface area contributed by atoms with E-state index in [-0.39, 0.29) is 11.5 Å². The molecule has 1 heterocycles. The van der Waals surface area contributed by atoms with E-state index in [1.54, 1.807) is 12.1 Å². The molecule has 7 heteroatoms. The number of rotatable bonds is 5. The van der Waals surface area contributed by atoms with Gasteiger partial charge in [0, 0.05) is 13.1 Å². The maximum absolute atomic E-state index is 12.2. The van der Waals surface area contributed by atoms with E-state index in [1.807, 2.05) is 25.1 Å². The summed E-state index contributed by atoms with van der Waals surface area (Å²) < 4.78 is 29.5. The van der Waals surface area contributed by atoms with Crippen molar-refractivity contribution in [2.24, 2.45) is 0 Å². The molecule has 6 nitrogen and oxygen atoms in total. The highest BCUT2D eigenvalue weighted by Crippen LogP contribution is 2.21. The van der Waals surface area contributed by atoms with Crippen molar-refractivity contribution in [3.8, 4) is 0 Å². The van der Waals surface area contributed by atoms with Gasteiger partial charge in [-0.15, -0.1) is 0 Å². The van der Waals surface area contributed by atoms with Gasteiger partial charge in [-0.05, 0) is 48.6 Å². The van der Waals surface area contributed by atoms with E-state index in [9.17, 15) is 13.2 Å². The van der Waals surface area contributed by atoms with Crippen LogP contribution in [0.4, 0.5) is 4.79 Å². The summed E-state index contributed by atoms with van der Waals surface area (Å²) in [6.07, 6.45) is 0.230. The van der Waals surface area contributed by atoms with Crippen molar-refractivity contribution in [3.05, 3.63) is 64.7 Å². The quantitative estimate of drug-likeness (QED) is 0.812. The van der Waals surface area contributed by atoms with Crippen LogP contribution >= 0.6 is 0 Å². The lowest BCUT2D eigenvalue weighted by atomic mass is 9.96. The van der Waals surface area contributed by atoms with E-state index in [1.165, 1.54) is 17.0 Å². The first kappa shape index (κ1) is 18.4. The third-order valence-corrected chi connectivity index (χ3v) is 5.82. The summed E-state index contributed by atoms with van der Waals surface area (Å²) in [4.78, 5) is 12.6. The van der Waals surface area contributed by atoms with Crippen LogP contribution in [0.2, 0.25) is 0 Å². The fourth-order valence-electron chi connectivity index (χ4n) is 2.97. The van der Waals surface area contributed by atoms with E-state index in [4.69, 9.17) is 9.29 Å². The van der Waals surface area contributed by atoms with Gasteiger partial charge >= 0.3 is 6.09 Å². The summed E-state index contributed by atoms with van der Waals surface area (Å²) >= 11 is 0. The normalized spacial score (nSPS) is 14.1. The van der Waals surface area contributed by atoms with Gasteiger partial charge in [0.25, 0.3) is 10.1 Å². The number of hydrogen-bond acceptors (Lipinski definition) is 4. The summed E-state index contributed by atoms with van der Waals surface area (Å²) in [5, 5.41) is 9.07. The summed E-state index contributed by atoms with van der Waals surface area (Å²) in [6, 6.07) is 12.4. The van der Waals surface area contributed by atoms with Crippen molar-refractivity contribution < 1.29 is 22.5 Å². The number of benzene rings is 2. The zero-order valence-electron chi connectivity index (χ0n) is 14.5. The number of carbonyl (C=O) groups is 1. The smallest absolute Gasteiger partial charge is 0.407 e. The number of fused-ring (bicyclic) bond motifs is 1. The molecule has 0 saturated carbocycles. The lowest BCUT2D eigenvalue weighted by Gasteiger charge is -2.26. The molecule has 1 N–H and O–H groups in total. The van der Waals surface area contributed by atoms with Crippen molar-refractivity contribution in [2.75, 3.05) is 13.2 Å². The first-order chi connectivity index (χ1) is 12.3. The molecule has 0 aromatic heterocycles. The van der Waals surface area contributed by atoms with Crippen LogP contribution in [0, 0.1) is 6.92 Å². The van der Waals surface area contributed by atoms with Gasteiger partial charge in [-0.25, -0.2) is 4.79 Å². The Labute approximate surface area is 153 Å². The molecule has 0 radical (unpaired) electrons. The van der Waals surface area contributed by atoms with Crippen LogP contribution in [-0.2, 0) is 33.7 Å². The molecule has 138 valence electrons. The van der Waals surface area contributed by atoms with Crippen LogP contribution in [0.25, 0.3) is 0 Å². The van der Waals surface area contributed by atoms with Crippen molar-refractivity contribution in [2.45, 2.75) is 31.2 Å². The molecule has 0 aliphatic carbocycles. The van der Waals surface area contributed by atoms with Gasteiger partial charge in [0.1, 0.15) is 0 Å². The number of hydrogen-bond donors (Lipinski definition) is 1. The average molecular weight is 375 g/mol. The molecular formula is C19H21NO5S. The van der Waals surface area contributed by atoms with E-state index >= 15 is 0 Å². The van der Waals surface area contributed by atoms with Gasteiger partial charge in [0.2, 0.25) is 0 Å². The van der Waals surface area contributed by atoms with Crippen LogP contribution in [0.15, 0.2) is 47.4 Å². The summed E-state index contributed by atoms with van der Waals surface area (Å²) in [7, 11) is -3.75. The van der Waals surface area contributed by atoms with Crippen LogP contribution in [0.3, 0.4) is 0 Å². The van der Waals surface area contributed by atoms with Gasteiger partial charge in [0.15, 0.2) is 0 Å². The Hall–Kier alpha value is -2.38. The summed E-state index contributed by atoms with van der Waals surface area (Å²) in [5.74, 6) is 0. The van der Waals surface area contributed by atoms with E-state index in [2.05, 4.69) is 0 Å². The monoisotopic (exact) mass is 375 g/mol. The molecule has 2 aromatic rings. The minimum absolute atomic E-state index is 0.0657. The minimum Gasteiger partial charge on any atom is -0.465 e. The first-order valence-corrected chi connectivity index (χ1v) is 9.80. The van der Waals surface area contributed by atoms with Crippen LogP contribution in [0.5, 0.6) is 0 Å². The van der Waals surface area contributed by atoms with Crippen LogP contribution in [-0.4, -0.2) is 37.7 Å². The Bertz CT molecular complexity index is 906. The average Bonchev–Trinajstić information content (AvgIpc) is 2.61. The first-order valence-electron chi connectivity index (χ1n) is 8.40. The van der Waals surface area contributed by atoms with Crippen molar-refractivity contribution in [3.63, 3.8) is 0 Å². The summed E-state index contributed by atoms with van der Waals surface area (Å²) in [6.45, 7) is 2.83. The Morgan fingerprint density at radius 2 is 1.88 bits per heavy atom. The van der Waals surface area contributed by atoms with E-state index < -0.39 is 16.2 Å². The summed E-state index contributed by atoms with van der Waals surface area (Å²) in [5.41, 5.74) is 4.07. The van der Waals surface area contributed by atoms with Crippen molar-refractivity contribution in [1.29, 1.82) is 0 Å². The van der Waals surface area contributed by atoms with E-state index in [0.29, 0.717) is 25.9 Å². The molecule has 0 bridgehead atoms. The predicted molar refractivity (Wildman–Crippen MR) is 96.6 cm³/mol. The minimum atomic E-state index is -3.75. The van der Waals surface area contributed by atoms with Crippen molar-refractivity contribution in [1.82, 2.24) is 4.90 Å². The van der Waals surface area contributed by atoms with Crippen molar-refractivity contribution >= 4 is 16.2 Å². The molecule has 3 rings (SSSR count). The molecule has 0 saturated heterocycles. The van der Waals surface area contributed by atoms with E-state index in [0.717, 1.165) is 22.3 Å². The highest BCUT2D eigenvalue weighted by molar-refractivity contribution is 7.86.